The minimum absolute atomic E-state index is 0.0654. The molecule has 25 heavy (non-hydrogen) atoms. The number of anilines is 1. The van der Waals surface area contributed by atoms with Gasteiger partial charge in [0.1, 0.15) is 5.75 Å². The summed E-state index contributed by atoms with van der Waals surface area (Å²) in [5.74, 6) is 0.941. The predicted molar refractivity (Wildman–Crippen MR) is 102 cm³/mol. The SMILES string of the molecule is CCOc1ccc(N(CCC#N)C(=O)CSc2ccccc2Cl)cc1. The average molecular weight is 375 g/mol. The van der Waals surface area contributed by atoms with E-state index in [1.54, 1.807) is 11.0 Å². The van der Waals surface area contributed by atoms with Crippen LogP contribution in [0.1, 0.15) is 13.3 Å². The zero-order valence-corrected chi connectivity index (χ0v) is 15.5. The van der Waals surface area contributed by atoms with Crippen molar-refractivity contribution in [2.75, 3.05) is 23.8 Å². The molecule has 0 aliphatic heterocycles. The quantitative estimate of drug-likeness (QED) is 0.624. The number of hydrogen-bond acceptors (Lipinski definition) is 4. The van der Waals surface area contributed by atoms with Crippen molar-refractivity contribution in [3.05, 3.63) is 53.6 Å². The van der Waals surface area contributed by atoms with E-state index in [9.17, 15) is 4.79 Å². The van der Waals surface area contributed by atoms with Crippen LogP contribution in [0.5, 0.6) is 5.75 Å². The number of nitriles is 1. The molecule has 0 radical (unpaired) electrons. The van der Waals surface area contributed by atoms with Crippen molar-refractivity contribution in [1.29, 1.82) is 5.26 Å². The first-order valence-corrected chi connectivity index (χ1v) is 9.29. The van der Waals surface area contributed by atoms with Gasteiger partial charge in [0.2, 0.25) is 5.91 Å². The molecule has 0 bridgehead atoms. The Morgan fingerprint density at radius 1 is 1.24 bits per heavy atom. The van der Waals surface area contributed by atoms with Gasteiger partial charge in [-0.1, -0.05) is 23.7 Å². The number of carbonyl (C=O) groups is 1. The van der Waals surface area contributed by atoms with E-state index in [1.165, 1.54) is 11.8 Å². The predicted octanol–water partition coefficient (Wildman–Crippen LogP) is 4.78. The first kappa shape index (κ1) is 19.2. The van der Waals surface area contributed by atoms with Gasteiger partial charge in [-0.2, -0.15) is 5.26 Å². The van der Waals surface area contributed by atoms with Gasteiger partial charge in [-0.05, 0) is 43.3 Å². The lowest BCUT2D eigenvalue weighted by atomic mass is 10.2. The highest BCUT2D eigenvalue weighted by atomic mass is 35.5. The molecule has 2 aromatic carbocycles. The smallest absolute Gasteiger partial charge is 0.237 e. The van der Waals surface area contributed by atoms with E-state index in [-0.39, 0.29) is 18.1 Å². The van der Waals surface area contributed by atoms with Gasteiger partial charge in [0.05, 0.1) is 29.9 Å². The fourth-order valence-corrected chi connectivity index (χ4v) is 3.34. The van der Waals surface area contributed by atoms with E-state index in [2.05, 4.69) is 6.07 Å². The highest BCUT2D eigenvalue weighted by Gasteiger charge is 2.16. The van der Waals surface area contributed by atoms with Crippen molar-refractivity contribution in [1.82, 2.24) is 0 Å². The van der Waals surface area contributed by atoms with Crippen LogP contribution >= 0.6 is 23.4 Å². The molecular formula is C19H19ClN2O2S. The molecule has 130 valence electrons. The summed E-state index contributed by atoms with van der Waals surface area (Å²) in [7, 11) is 0. The fraction of sp³-hybridized carbons (Fsp3) is 0.263. The number of carbonyl (C=O) groups excluding carboxylic acids is 1. The summed E-state index contributed by atoms with van der Waals surface area (Å²) >= 11 is 7.52. The molecule has 0 unspecified atom stereocenters. The maximum absolute atomic E-state index is 12.7. The molecule has 0 saturated heterocycles. The second kappa shape index (κ2) is 9.97. The van der Waals surface area contributed by atoms with Gasteiger partial charge in [-0.25, -0.2) is 0 Å². The van der Waals surface area contributed by atoms with E-state index in [1.807, 2.05) is 49.4 Å². The molecule has 6 heteroatoms. The Balaban J connectivity index is 2.09. The Hall–Kier alpha value is -2.16. The number of hydrogen-bond donors (Lipinski definition) is 0. The number of amides is 1. The molecule has 0 spiro atoms. The molecular weight excluding hydrogens is 356 g/mol. The van der Waals surface area contributed by atoms with Crippen molar-refractivity contribution in [2.45, 2.75) is 18.2 Å². The highest BCUT2D eigenvalue weighted by molar-refractivity contribution is 8.00. The van der Waals surface area contributed by atoms with Crippen LogP contribution in [0.15, 0.2) is 53.4 Å². The largest absolute Gasteiger partial charge is 0.494 e. The Kier molecular flexibility index (Phi) is 7.65. The Morgan fingerprint density at radius 3 is 2.60 bits per heavy atom. The number of halogens is 1. The lowest BCUT2D eigenvalue weighted by Gasteiger charge is -2.22. The monoisotopic (exact) mass is 374 g/mol. The van der Waals surface area contributed by atoms with Crippen LogP contribution in [0, 0.1) is 11.3 Å². The summed E-state index contributed by atoms with van der Waals surface area (Å²) < 4.78 is 5.43. The van der Waals surface area contributed by atoms with Crippen LogP contribution in [0.2, 0.25) is 5.02 Å². The van der Waals surface area contributed by atoms with Crippen molar-refractivity contribution >= 4 is 35.0 Å². The second-order valence-electron chi connectivity index (χ2n) is 5.10. The minimum atomic E-state index is -0.0654. The average Bonchev–Trinajstić information content (AvgIpc) is 2.63. The zero-order valence-electron chi connectivity index (χ0n) is 13.9. The highest BCUT2D eigenvalue weighted by Crippen LogP contribution is 2.28. The van der Waals surface area contributed by atoms with Crippen LogP contribution in [-0.4, -0.2) is 24.8 Å². The number of thioether (sulfide) groups is 1. The van der Waals surface area contributed by atoms with Gasteiger partial charge in [0, 0.05) is 17.1 Å². The third-order valence-corrected chi connectivity index (χ3v) is 4.90. The minimum Gasteiger partial charge on any atom is -0.494 e. The normalized spacial score (nSPS) is 10.1. The fourth-order valence-electron chi connectivity index (χ4n) is 2.23. The number of ether oxygens (including phenoxy) is 1. The van der Waals surface area contributed by atoms with Crippen LogP contribution in [-0.2, 0) is 4.79 Å². The Bertz CT molecular complexity index is 744. The van der Waals surface area contributed by atoms with Crippen molar-refractivity contribution < 1.29 is 9.53 Å². The summed E-state index contributed by atoms with van der Waals surface area (Å²) in [6.45, 7) is 2.86. The molecule has 0 N–H and O–H groups in total. The molecule has 4 nitrogen and oxygen atoms in total. The van der Waals surface area contributed by atoms with E-state index in [4.69, 9.17) is 21.6 Å². The maximum atomic E-state index is 12.7. The van der Waals surface area contributed by atoms with Crippen molar-refractivity contribution in [3.8, 4) is 11.8 Å². The molecule has 0 aliphatic carbocycles. The van der Waals surface area contributed by atoms with E-state index in [0.717, 1.165) is 16.3 Å². The molecule has 0 aromatic heterocycles. The van der Waals surface area contributed by atoms with Crippen LogP contribution in [0.3, 0.4) is 0 Å². The lowest BCUT2D eigenvalue weighted by molar-refractivity contribution is -0.116. The molecule has 0 saturated carbocycles. The molecule has 2 rings (SSSR count). The Morgan fingerprint density at radius 2 is 1.96 bits per heavy atom. The first-order valence-electron chi connectivity index (χ1n) is 7.93. The number of rotatable bonds is 8. The van der Waals surface area contributed by atoms with E-state index < -0.39 is 0 Å². The van der Waals surface area contributed by atoms with Gasteiger partial charge in [-0.3, -0.25) is 4.79 Å². The lowest BCUT2D eigenvalue weighted by Crippen LogP contribution is -2.33. The van der Waals surface area contributed by atoms with Crippen molar-refractivity contribution in [3.63, 3.8) is 0 Å². The Labute approximate surface area is 157 Å². The standard InChI is InChI=1S/C19H19ClN2O2S/c1-2-24-16-10-8-15(9-11-16)22(13-5-12-21)19(23)14-25-18-7-4-3-6-17(18)20/h3-4,6-11H,2,5,13-14H2,1H3. The summed E-state index contributed by atoms with van der Waals surface area (Å²) in [5.41, 5.74) is 0.753. The zero-order chi connectivity index (χ0) is 18.1. The maximum Gasteiger partial charge on any atom is 0.237 e. The van der Waals surface area contributed by atoms with E-state index >= 15 is 0 Å². The van der Waals surface area contributed by atoms with Crippen LogP contribution in [0.25, 0.3) is 0 Å². The van der Waals surface area contributed by atoms with Gasteiger partial charge in [0.15, 0.2) is 0 Å². The van der Waals surface area contributed by atoms with Crippen LogP contribution in [0.4, 0.5) is 5.69 Å². The van der Waals surface area contributed by atoms with Gasteiger partial charge in [-0.15, -0.1) is 11.8 Å². The molecule has 0 heterocycles. The number of benzene rings is 2. The summed E-state index contributed by atoms with van der Waals surface area (Å²) in [4.78, 5) is 15.2. The first-order chi connectivity index (χ1) is 12.2. The molecule has 0 aliphatic rings. The molecule has 1 amide bonds. The van der Waals surface area contributed by atoms with E-state index in [0.29, 0.717) is 18.2 Å². The molecule has 0 fully saturated rings. The third-order valence-electron chi connectivity index (χ3n) is 3.40. The second-order valence-corrected chi connectivity index (χ2v) is 6.52. The molecule has 2 aromatic rings. The summed E-state index contributed by atoms with van der Waals surface area (Å²) in [6, 6.07) is 16.8. The van der Waals surface area contributed by atoms with Crippen molar-refractivity contribution in [2.24, 2.45) is 0 Å². The molecule has 0 atom stereocenters. The third kappa shape index (κ3) is 5.70. The number of nitrogens with zero attached hydrogens (tertiary/aromatic N) is 2. The van der Waals surface area contributed by atoms with Gasteiger partial charge in [0.25, 0.3) is 0 Å². The summed E-state index contributed by atoms with van der Waals surface area (Å²) in [5, 5.41) is 9.50. The summed E-state index contributed by atoms with van der Waals surface area (Å²) in [6.07, 6.45) is 0.274. The van der Waals surface area contributed by atoms with Crippen LogP contribution < -0.4 is 9.64 Å². The van der Waals surface area contributed by atoms with Gasteiger partial charge >= 0.3 is 0 Å². The van der Waals surface area contributed by atoms with Gasteiger partial charge < -0.3 is 9.64 Å². The topological polar surface area (TPSA) is 53.3 Å².